The summed E-state index contributed by atoms with van der Waals surface area (Å²) in [6.45, 7) is 12.5. The zero-order valence-electron chi connectivity index (χ0n) is 27.9. The summed E-state index contributed by atoms with van der Waals surface area (Å²) >= 11 is 0. The van der Waals surface area contributed by atoms with Crippen LogP contribution in [0.4, 0.5) is 0 Å². The Kier molecular flexibility index (Phi) is 7.41. The average molecular weight is 643 g/mol. The average Bonchev–Trinajstić information content (AvgIpc) is 3.75. The van der Waals surface area contributed by atoms with E-state index in [0.717, 1.165) is 0 Å². The van der Waals surface area contributed by atoms with Gasteiger partial charge in [0.05, 0.1) is 37.6 Å². The van der Waals surface area contributed by atoms with E-state index in [1.165, 1.54) is 19.6 Å². The van der Waals surface area contributed by atoms with Crippen molar-refractivity contribution in [3.8, 4) is 0 Å². The second kappa shape index (κ2) is 10.4. The predicted molar refractivity (Wildman–Crippen MR) is 160 cm³/mol. The maximum atomic E-state index is 14.1. The third kappa shape index (κ3) is 3.78. The molecular formula is C35H46O11. The molecule has 11 atom stereocenters. The van der Waals surface area contributed by atoms with Gasteiger partial charge in [0.25, 0.3) is 0 Å². The van der Waals surface area contributed by atoms with Gasteiger partial charge < -0.3 is 33.6 Å². The fraction of sp³-hybridized carbons (Fsp3) is 0.714. The number of hydrogen-bond acceptors (Lipinski definition) is 11. The van der Waals surface area contributed by atoms with Gasteiger partial charge in [0.2, 0.25) is 0 Å². The Hall–Kier alpha value is -3.18. The highest BCUT2D eigenvalue weighted by Crippen LogP contribution is 2.82. The maximum Gasteiger partial charge on any atom is 0.335 e. The van der Waals surface area contributed by atoms with Gasteiger partial charge in [-0.05, 0) is 42.7 Å². The van der Waals surface area contributed by atoms with Crippen molar-refractivity contribution in [3.63, 3.8) is 0 Å². The number of aliphatic hydroxyl groups is 2. The lowest BCUT2D eigenvalue weighted by Crippen LogP contribution is -2.80. The van der Waals surface area contributed by atoms with E-state index in [4.69, 9.17) is 23.4 Å². The number of carbonyl (C=O) groups excluding carboxylic acids is 4. The molecule has 0 saturated heterocycles. The van der Waals surface area contributed by atoms with Crippen molar-refractivity contribution in [2.75, 3.05) is 7.11 Å². The molecule has 2 bridgehead atoms. The molecule has 0 spiro atoms. The molecule has 2 heterocycles. The summed E-state index contributed by atoms with van der Waals surface area (Å²) < 4.78 is 29.3. The van der Waals surface area contributed by atoms with Crippen LogP contribution in [0.25, 0.3) is 0 Å². The zero-order valence-corrected chi connectivity index (χ0v) is 27.9. The smallest absolute Gasteiger partial charge is 0.335 e. The van der Waals surface area contributed by atoms with Crippen LogP contribution in [0.1, 0.15) is 92.2 Å². The van der Waals surface area contributed by atoms with E-state index in [0.29, 0.717) is 30.4 Å². The summed E-state index contributed by atoms with van der Waals surface area (Å²) in [5, 5.41) is 25.1. The van der Waals surface area contributed by atoms with Gasteiger partial charge in [-0.2, -0.15) is 0 Å². The Bertz CT molecular complexity index is 1500. The largest absolute Gasteiger partial charge is 0.472 e. The van der Waals surface area contributed by atoms with Crippen molar-refractivity contribution in [2.24, 2.45) is 39.9 Å². The van der Waals surface area contributed by atoms with Crippen LogP contribution >= 0.6 is 0 Å². The number of furan rings is 1. The number of hydrogen-bond donors (Lipinski definition) is 2. The van der Waals surface area contributed by atoms with Crippen LogP contribution in [0.3, 0.4) is 0 Å². The number of rotatable bonds is 9. The number of aliphatic hydroxyl groups excluding tert-OH is 1. The van der Waals surface area contributed by atoms with Gasteiger partial charge in [-0.3, -0.25) is 14.4 Å². The van der Waals surface area contributed by atoms with Crippen LogP contribution < -0.4 is 0 Å². The monoisotopic (exact) mass is 642 g/mol. The summed E-state index contributed by atoms with van der Waals surface area (Å²) in [4.78, 5) is 54.4. The number of carbonyl (C=O) groups is 4. The van der Waals surface area contributed by atoms with Gasteiger partial charge in [-0.1, -0.05) is 48.5 Å². The number of fused-ring (bicyclic) bond motifs is 3. The van der Waals surface area contributed by atoms with Crippen molar-refractivity contribution in [1.82, 2.24) is 0 Å². The Morgan fingerprint density at radius 1 is 1.13 bits per heavy atom. The fourth-order valence-corrected chi connectivity index (χ4v) is 10.2. The first kappa shape index (κ1) is 32.7. The standard InChI is InChI=1S/C35H46O11/c1-9-18(4)28(39)45-30-32(6)16-34(46-27(38)17(2)3)33(7,21(32)14-22(36)42-8)20-10-12-31(5,25(37)19-11-13-43-15-19)24-23(20)26(35(30,34)41)44-29(24)40/h11,13,15,17-18,20-21,25-26,30,37,41H,9-10,12,14,16H2,1-8H3. The Labute approximate surface area is 269 Å². The Morgan fingerprint density at radius 2 is 1.83 bits per heavy atom. The maximum absolute atomic E-state index is 14.1. The molecule has 0 radical (unpaired) electrons. The summed E-state index contributed by atoms with van der Waals surface area (Å²) in [5.74, 6) is -4.45. The Balaban J connectivity index is 1.64. The summed E-state index contributed by atoms with van der Waals surface area (Å²) in [6.07, 6.45) is 0.399. The molecule has 3 saturated carbocycles. The second-order valence-corrected chi connectivity index (χ2v) is 15.2. The van der Waals surface area contributed by atoms with Gasteiger partial charge >= 0.3 is 23.9 Å². The third-order valence-corrected chi connectivity index (χ3v) is 12.7. The SMILES string of the molecule is CCC(C)C(=O)OC1C2(C)CC3(OC(=O)C(C)C)C(C)(C4CCC(C)(C(O)c5ccoc5)C5=C4C(OC5=O)C13O)C2CC(=O)OC. The van der Waals surface area contributed by atoms with Crippen molar-refractivity contribution in [2.45, 2.75) is 110 Å². The number of methoxy groups -OCH3 is 1. The van der Waals surface area contributed by atoms with E-state index in [1.54, 1.807) is 33.8 Å². The van der Waals surface area contributed by atoms with Crippen LogP contribution in [0.2, 0.25) is 0 Å². The highest BCUT2D eigenvalue weighted by Gasteiger charge is 2.93. The van der Waals surface area contributed by atoms with E-state index in [2.05, 4.69) is 0 Å². The van der Waals surface area contributed by atoms with Crippen molar-refractivity contribution in [3.05, 3.63) is 35.3 Å². The van der Waals surface area contributed by atoms with Crippen LogP contribution in [0.15, 0.2) is 34.2 Å². The lowest BCUT2D eigenvalue weighted by Gasteiger charge is -2.67. The quantitative estimate of drug-likeness (QED) is 0.294. The van der Waals surface area contributed by atoms with E-state index in [-0.39, 0.29) is 18.4 Å². The van der Waals surface area contributed by atoms with Gasteiger partial charge in [0.1, 0.15) is 6.10 Å². The first-order chi connectivity index (χ1) is 21.5. The second-order valence-electron chi connectivity index (χ2n) is 15.2. The summed E-state index contributed by atoms with van der Waals surface area (Å²) in [6, 6.07) is 1.64. The van der Waals surface area contributed by atoms with Crippen LogP contribution in [0.5, 0.6) is 0 Å². The molecule has 11 nitrogen and oxygen atoms in total. The lowest BCUT2D eigenvalue weighted by molar-refractivity contribution is -0.316. The molecule has 5 aliphatic rings. The van der Waals surface area contributed by atoms with Crippen LogP contribution in [-0.2, 0) is 38.1 Å². The molecule has 1 aromatic heterocycles. The van der Waals surface area contributed by atoms with Crippen molar-refractivity contribution < 1.29 is 52.8 Å². The molecule has 4 aliphatic carbocycles. The molecular weight excluding hydrogens is 596 g/mol. The van der Waals surface area contributed by atoms with Gasteiger partial charge in [0.15, 0.2) is 17.3 Å². The van der Waals surface area contributed by atoms with Crippen molar-refractivity contribution >= 4 is 23.9 Å². The summed E-state index contributed by atoms with van der Waals surface area (Å²) in [5.41, 5.74) is -5.95. The Morgan fingerprint density at radius 3 is 2.41 bits per heavy atom. The van der Waals surface area contributed by atoms with E-state index >= 15 is 0 Å². The highest BCUT2D eigenvalue weighted by atomic mass is 16.6. The molecule has 11 heteroatoms. The minimum Gasteiger partial charge on any atom is -0.472 e. The lowest BCUT2D eigenvalue weighted by atomic mass is 9.41. The molecule has 0 amide bonds. The molecule has 1 aliphatic heterocycles. The van der Waals surface area contributed by atoms with Crippen LogP contribution in [0, 0.1) is 39.9 Å². The normalized spacial score (nSPS) is 41.6. The van der Waals surface area contributed by atoms with E-state index in [9.17, 15) is 29.4 Å². The molecule has 46 heavy (non-hydrogen) atoms. The van der Waals surface area contributed by atoms with Gasteiger partial charge in [-0.15, -0.1) is 0 Å². The predicted octanol–water partition coefficient (Wildman–Crippen LogP) is 4.20. The zero-order chi connectivity index (χ0) is 33.8. The molecule has 11 unspecified atom stereocenters. The number of ether oxygens (including phenoxy) is 4. The minimum absolute atomic E-state index is 0.0770. The van der Waals surface area contributed by atoms with Gasteiger partial charge in [0, 0.05) is 40.2 Å². The number of esters is 4. The molecule has 3 fully saturated rings. The first-order valence-electron chi connectivity index (χ1n) is 16.4. The summed E-state index contributed by atoms with van der Waals surface area (Å²) in [7, 11) is 1.30. The molecule has 252 valence electrons. The van der Waals surface area contributed by atoms with E-state index < -0.39 is 93.3 Å². The topological polar surface area (TPSA) is 159 Å². The van der Waals surface area contributed by atoms with E-state index in [1.807, 2.05) is 20.8 Å². The van der Waals surface area contributed by atoms with Crippen LogP contribution in [-0.4, -0.2) is 64.6 Å². The fourth-order valence-electron chi connectivity index (χ4n) is 10.2. The molecule has 0 aromatic carbocycles. The third-order valence-electron chi connectivity index (χ3n) is 12.7. The van der Waals surface area contributed by atoms with Crippen molar-refractivity contribution in [1.29, 1.82) is 0 Å². The highest BCUT2D eigenvalue weighted by molar-refractivity contribution is 5.95. The first-order valence-corrected chi connectivity index (χ1v) is 16.4. The molecule has 2 N–H and O–H groups in total. The minimum atomic E-state index is -2.20. The van der Waals surface area contributed by atoms with Gasteiger partial charge in [-0.25, -0.2) is 4.79 Å². The molecule has 1 aromatic rings. The molecule has 6 rings (SSSR count).